The SMILES string of the molecule is CC(=O)N1CCN(C(=O)/C=C/c2cccc(Cl)c2-c2ccc3[nH]cc(CN(C)C)c3c2)CC1. The summed E-state index contributed by atoms with van der Waals surface area (Å²) in [6, 6.07) is 12.0. The van der Waals surface area contributed by atoms with Crippen molar-refractivity contribution < 1.29 is 9.59 Å². The Balaban J connectivity index is 1.60. The largest absolute Gasteiger partial charge is 0.361 e. The number of piperazine rings is 1. The van der Waals surface area contributed by atoms with Gasteiger partial charge >= 0.3 is 0 Å². The predicted octanol–water partition coefficient (Wildman–Crippen LogP) is 4.25. The average molecular weight is 465 g/mol. The smallest absolute Gasteiger partial charge is 0.246 e. The number of aromatic amines is 1. The maximum atomic E-state index is 12.8. The standard InChI is InChI=1S/C26H29ClN4O2/c1-18(32)30-11-13-31(14-12-30)25(33)10-8-19-5-4-6-23(27)26(19)20-7-9-24-22(15-20)21(16-28-24)17-29(2)3/h4-10,15-16,28H,11-14,17H2,1-3H3/b10-8+. The van der Waals surface area contributed by atoms with Crippen LogP contribution in [0.1, 0.15) is 18.1 Å². The molecule has 33 heavy (non-hydrogen) atoms. The van der Waals surface area contributed by atoms with Gasteiger partial charge in [0.2, 0.25) is 11.8 Å². The van der Waals surface area contributed by atoms with Crippen LogP contribution in [0, 0.1) is 0 Å². The number of halogens is 1. The lowest BCUT2D eigenvalue weighted by Crippen LogP contribution is -2.49. The maximum Gasteiger partial charge on any atom is 0.246 e. The van der Waals surface area contributed by atoms with Gasteiger partial charge < -0.3 is 19.7 Å². The highest BCUT2D eigenvalue weighted by molar-refractivity contribution is 6.33. The van der Waals surface area contributed by atoms with Crippen LogP contribution in [0.15, 0.2) is 48.7 Å². The van der Waals surface area contributed by atoms with Crippen molar-refractivity contribution in [3.05, 3.63) is 64.8 Å². The van der Waals surface area contributed by atoms with Crippen LogP contribution in [0.5, 0.6) is 0 Å². The van der Waals surface area contributed by atoms with Crippen molar-refractivity contribution in [3.63, 3.8) is 0 Å². The quantitative estimate of drug-likeness (QED) is 0.574. The third kappa shape index (κ3) is 5.13. The molecule has 6 nitrogen and oxygen atoms in total. The van der Waals surface area contributed by atoms with Gasteiger partial charge in [0.25, 0.3) is 0 Å². The molecular formula is C26H29ClN4O2. The number of carbonyl (C=O) groups is 2. The molecule has 4 rings (SSSR count). The van der Waals surface area contributed by atoms with Crippen molar-refractivity contribution in [3.8, 4) is 11.1 Å². The first-order valence-corrected chi connectivity index (χ1v) is 11.5. The number of carbonyl (C=O) groups excluding carboxylic acids is 2. The third-order valence-corrected chi connectivity index (χ3v) is 6.35. The Labute approximate surface area is 199 Å². The second kappa shape index (κ2) is 9.81. The molecule has 172 valence electrons. The highest BCUT2D eigenvalue weighted by atomic mass is 35.5. The van der Waals surface area contributed by atoms with Gasteiger partial charge in [-0.15, -0.1) is 0 Å². The lowest BCUT2D eigenvalue weighted by molar-refractivity contribution is -0.135. The number of aromatic nitrogens is 1. The molecule has 0 spiro atoms. The number of H-pyrrole nitrogens is 1. The fourth-order valence-corrected chi connectivity index (χ4v) is 4.59. The van der Waals surface area contributed by atoms with Crippen LogP contribution in [-0.2, 0) is 16.1 Å². The van der Waals surface area contributed by atoms with Crippen LogP contribution in [-0.4, -0.2) is 71.8 Å². The molecule has 1 aliphatic heterocycles. The normalized spacial score (nSPS) is 14.6. The monoisotopic (exact) mass is 464 g/mol. The first kappa shape index (κ1) is 23.1. The zero-order valence-corrected chi connectivity index (χ0v) is 20.0. The van der Waals surface area contributed by atoms with Crippen molar-refractivity contribution in [2.45, 2.75) is 13.5 Å². The number of nitrogens with one attached hydrogen (secondary N) is 1. The molecule has 1 saturated heterocycles. The average Bonchev–Trinajstić information content (AvgIpc) is 3.18. The van der Waals surface area contributed by atoms with Crippen molar-refractivity contribution in [2.24, 2.45) is 0 Å². The van der Waals surface area contributed by atoms with Crippen molar-refractivity contribution in [1.29, 1.82) is 0 Å². The van der Waals surface area contributed by atoms with Crippen LogP contribution in [0.4, 0.5) is 0 Å². The van der Waals surface area contributed by atoms with E-state index in [4.69, 9.17) is 11.6 Å². The Hall–Kier alpha value is -3.09. The molecule has 2 heterocycles. The zero-order chi connectivity index (χ0) is 23.5. The Morgan fingerprint density at radius 1 is 1.09 bits per heavy atom. The summed E-state index contributed by atoms with van der Waals surface area (Å²) in [4.78, 5) is 33.3. The highest BCUT2D eigenvalue weighted by Gasteiger charge is 2.21. The second-order valence-corrected chi connectivity index (χ2v) is 9.09. The van der Waals surface area contributed by atoms with E-state index in [0.29, 0.717) is 31.2 Å². The molecule has 1 aromatic heterocycles. The summed E-state index contributed by atoms with van der Waals surface area (Å²) in [6.07, 6.45) is 5.49. The highest BCUT2D eigenvalue weighted by Crippen LogP contribution is 2.35. The van der Waals surface area contributed by atoms with Gasteiger partial charge in [-0.05, 0) is 55.1 Å². The van der Waals surface area contributed by atoms with Crippen LogP contribution < -0.4 is 0 Å². The second-order valence-electron chi connectivity index (χ2n) is 8.68. The van der Waals surface area contributed by atoms with E-state index in [1.807, 2.05) is 30.5 Å². The third-order valence-electron chi connectivity index (χ3n) is 6.03. The van der Waals surface area contributed by atoms with E-state index in [9.17, 15) is 9.59 Å². The van der Waals surface area contributed by atoms with Gasteiger partial charge in [-0.3, -0.25) is 9.59 Å². The summed E-state index contributed by atoms with van der Waals surface area (Å²) < 4.78 is 0. The molecule has 0 bridgehead atoms. The minimum absolute atomic E-state index is 0.0503. The van der Waals surface area contributed by atoms with Crippen molar-refractivity contribution >= 4 is 40.4 Å². The lowest BCUT2D eigenvalue weighted by atomic mass is 9.97. The van der Waals surface area contributed by atoms with Gasteiger partial charge in [0, 0.05) is 73.4 Å². The van der Waals surface area contributed by atoms with E-state index in [1.165, 1.54) is 5.56 Å². The maximum absolute atomic E-state index is 12.8. The van der Waals surface area contributed by atoms with Crippen LogP contribution in [0.3, 0.4) is 0 Å². The fraction of sp³-hybridized carbons (Fsp3) is 0.308. The Morgan fingerprint density at radius 2 is 1.82 bits per heavy atom. The lowest BCUT2D eigenvalue weighted by Gasteiger charge is -2.33. The van der Waals surface area contributed by atoms with Crippen molar-refractivity contribution in [1.82, 2.24) is 19.7 Å². The minimum Gasteiger partial charge on any atom is -0.361 e. The number of benzene rings is 2. The van der Waals surface area contributed by atoms with Gasteiger partial charge in [0.15, 0.2) is 0 Å². The molecule has 0 radical (unpaired) electrons. The number of fused-ring (bicyclic) bond motifs is 1. The molecule has 1 N–H and O–H groups in total. The van der Waals surface area contributed by atoms with E-state index < -0.39 is 0 Å². The Morgan fingerprint density at radius 3 is 2.52 bits per heavy atom. The predicted molar refractivity (Wildman–Crippen MR) is 134 cm³/mol. The van der Waals surface area contributed by atoms with Gasteiger partial charge in [-0.1, -0.05) is 29.8 Å². The van der Waals surface area contributed by atoms with E-state index in [-0.39, 0.29) is 11.8 Å². The minimum atomic E-state index is -0.0570. The van der Waals surface area contributed by atoms with Crippen LogP contribution >= 0.6 is 11.6 Å². The summed E-state index contributed by atoms with van der Waals surface area (Å²) in [5, 5.41) is 1.80. The molecule has 1 fully saturated rings. The number of hydrogen-bond donors (Lipinski definition) is 1. The van der Waals surface area contributed by atoms with Crippen molar-refractivity contribution in [2.75, 3.05) is 40.3 Å². The number of hydrogen-bond acceptors (Lipinski definition) is 3. The van der Waals surface area contributed by atoms with Gasteiger partial charge in [0.05, 0.1) is 0 Å². The van der Waals surface area contributed by atoms with Gasteiger partial charge in [-0.2, -0.15) is 0 Å². The van der Waals surface area contributed by atoms with Crippen LogP contribution in [0.2, 0.25) is 5.02 Å². The van der Waals surface area contributed by atoms with Crippen LogP contribution in [0.25, 0.3) is 28.1 Å². The van der Waals surface area contributed by atoms with E-state index >= 15 is 0 Å². The fourth-order valence-electron chi connectivity index (χ4n) is 4.30. The molecular weight excluding hydrogens is 436 g/mol. The molecule has 7 heteroatoms. The molecule has 1 aliphatic rings. The van der Waals surface area contributed by atoms with E-state index in [1.54, 1.807) is 22.8 Å². The topological polar surface area (TPSA) is 59.7 Å². The Kier molecular flexibility index (Phi) is 6.86. The summed E-state index contributed by atoms with van der Waals surface area (Å²) in [7, 11) is 4.10. The molecule has 3 aromatic rings. The van der Waals surface area contributed by atoms with E-state index in [0.717, 1.165) is 34.1 Å². The summed E-state index contributed by atoms with van der Waals surface area (Å²) in [5.41, 5.74) is 5.11. The molecule has 0 saturated carbocycles. The zero-order valence-electron chi connectivity index (χ0n) is 19.3. The molecule has 2 aromatic carbocycles. The first-order chi connectivity index (χ1) is 15.8. The summed E-state index contributed by atoms with van der Waals surface area (Å²) in [6.45, 7) is 4.64. The first-order valence-electron chi connectivity index (χ1n) is 11.1. The van der Waals surface area contributed by atoms with Gasteiger partial charge in [0.1, 0.15) is 0 Å². The summed E-state index contributed by atoms with van der Waals surface area (Å²) in [5.74, 6) is -0.00664. The molecule has 0 atom stereocenters. The molecule has 0 aliphatic carbocycles. The molecule has 2 amide bonds. The Bertz CT molecular complexity index is 1210. The number of nitrogens with zero attached hydrogens (tertiary/aromatic N) is 3. The van der Waals surface area contributed by atoms with Gasteiger partial charge in [-0.25, -0.2) is 0 Å². The summed E-state index contributed by atoms with van der Waals surface area (Å²) >= 11 is 6.64. The molecule has 0 unspecified atom stereocenters. The number of rotatable bonds is 5. The van der Waals surface area contributed by atoms with E-state index in [2.05, 4.69) is 42.2 Å². The number of amides is 2.